The van der Waals surface area contributed by atoms with Gasteiger partial charge in [0.05, 0.1) is 41.9 Å². The Morgan fingerprint density at radius 1 is 1.12 bits per heavy atom. The topological polar surface area (TPSA) is 90.1 Å². The Labute approximate surface area is 184 Å². The van der Waals surface area contributed by atoms with Crippen LogP contribution in [0.5, 0.6) is 5.75 Å². The molecule has 0 bridgehead atoms. The third-order valence-electron chi connectivity index (χ3n) is 4.87. The first kappa shape index (κ1) is 22.3. The number of aliphatic hydroxyl groups is 1. The highest BCUT2D eigenvalue weighted by Crippen LogP contribution is 2.30. The van der Waals surface area contributed by atoms with Gasteiger partial charge in [-0.15, -0.1) is 13.2 Å². The summed E-state index contributed by atoms with van der Waals surface area (Å²) in [6.07, 6.45) is -1.19. The molecule has 0 radical (unpaired) electrons. The van der Waals surface area contributed by atoms with E-state index in [1.807, 2.05) is 0 Å². The number of nitrogens with zero attached hydrogens (tertiary/aromatic N) is 4. The second-order valence-electron chi connectivity index (χ2n) is 7.20. The quantitative estimate of drug-likeness (QED) is 0.451. The summed E-state index contributed by atoms with van der Waals surface area (Å²) >= 11 is 0. The first-order valence-electron chi connectivity index (χ1n) is 9.66. The fraction of sp³-hybridized carbons (Fsp3) is 0.182. The lowest BCUT2D eigenvalue weighted by Gasteiger charge is -2.15. The molecule has 0 aliphatic heterocycles. The van der Waals surface area contributed by atoms with Crippen molar-refractivity contribution in [3.63, 3.8) is 0 Å². The largest absolute Gasteiger partial charge is 0.573 e. The number of rotatable bonds is 5. The average Bonchev–Trinajstić information content (AvgIpc) is 2.78. The molecule has 1 atom stereocenters. The molecule has 7 nitrogen and oxygen atoms in total. The fourth-order valence-electron chi connectivity index (χ4n) is 3.26. The molecule has 4 aromatic rings. The molecule has 0 aliphatic carbocycles. The maximum atomic E-state index is 13.8. The maximum absolute atomic E-state index is 13.8. The van der Waals surface area contributed by atoms with Gasteiger partial charge >= 0.3 is 6.36 Å². The van der Waals surface area contributed by atoms with E-state index in [0.29, 0.717) is 5.56 Å². The maximum Gasteiger partial charge on any atom is 0.573 e. The van der Waals surface area contributed by atoms with Crippen LogP contribution in [0.25, 0.3) is 33.4 Å². The summed E-state index contributed by atoms with van der Waals surface area (Å²) < 4.78 is 56.3. The normalized spacial score (nSPS) is 12.7. The summed E-state index contributed by atoms with van der Waals surface area (Å²) in [5, 5.41) is 9.58. The van der Waals surface area contributed by atoms with E-state index in [0.717, 1.165) is 18.3 Å². The van der Waals surface area contributed by atoms with E-state index < -0.39 is 29.5 Å². The lowest BCUT2D eigenvalue weighted by molar-refractivity contribution is -0.274. The third kappa shape index (κ3) is 4.67. The van der Waals surface area contributed by atoms with Crippen molar-refractivity contribution < 1.29 is 27.4 Å². The van der Waals surface area contributed by atoms with Crippen molar-refractivity contribution in [3.8, 4) is 28.3 Å². The zero-order chi connectivity index (χ0) is 23.8. The first-order chi connectivity index (χ1) is 15.7. The summed E-state index contributed by atoms with van der Waals surface area (Å²) in [4.78, 5) is 25.7. The van der Waals surface area contributed by atoms with Crippen molar-refractivity contribution in [2.75, 3.05) is 6.61 Å². The highest BCUT2D eigenvalue weighted by atomic mass is 19.4. The van der Waals surface area contributed by atoms with Crippen LogP contribution >= 0.6 is 0 Å². The van der Waals surface area contributed by atoms with Crippen molar-refractivity contribution >= 4 is 10.9 Å². The van der Waals surface area contributed by atoms with E-state index in [2.05, 4.69) is 19.7 Å². The van der Waals surface area contributed by atoms with Crippen LogP contribution in [0.3, 0.4) is 0 Å². The number of fused-ring (bicyclic) bond motifs is 1. The summed E-state index contributed by atoms with van der Waals surface area (Å²) in [6, 6.07) is 7.02. The molecule has 33 heavy (non-hydrogen) atoms. The molecule has 1 N–H and O–H groups in total. The van der Waals surface area contributed by atoms with Crippen LogP contribution in [0.1, 0.15) is 13.0 Å². The lowest BCUT2D eigenvalue weighted by Crippen LogP contribution is -2.25. The molecule has 0 saturated heterocycles. The van der Waals surface area contributed by atoms with Gasteiger partial charge in [-0.3, -0.25) is 14.3 Å². The highest BCUT2D eigenvalue weighted by molar-refractivity contribution is 5.93. The predicted molar refractivity (Wildman–Crippen MR) is 111 cm³/mol. The van der Waals surface area contributed by atoms with Crippen molar-refractivity contribution in [3.05, 3.63) is 71.3 Å². The second-order valence-corrected chi connectivity index (χ2v) is 7.20. The summed E-state index contributed by atoms with van der Waals surface area (Å²) in [6.45, 7) is 1.33. The van der Waals surface area contributed by atoms with Crippen LogP contribution in [-0.2, 0) is 0 Å². The Bertz CT molecular complexity index is 1370. The highest BCUT2D eigenvalue weighted by Gasteiger charge is 2.31. The van der Waals surface area contributed by atoms with Gasteiger partial charge in [-0.05, 0) is 43.3 Å². The average molecular weight is 460 g/mol. The summed E-state index contributed by atoms with van der Waals surface area (Å²) in [5.41, 5.74) is 0.794. The number of benzene rings is 1. The van der Waals surface area contributed by atoms with Gasteiger partial charge in [0.15, 0.2) is 0 Å². The third-order valence-corrected chi connectivity index (χ3v) is 4.87. The van der Waals surface area contributed by atoms with Gasteiger partial charge in [-0.2, -0.15) is 0 Å². The molecule has 0 unspecified atom stereocenters. The molecular formula is C22H16F4N4O3. The molecule has 170 valence electrons. The Hall–Kier alpha value is -3.86. The van der Waals surface area contributed by atoms with Crippen LogP contribution in [0.2, 0.25) is 0 Å². The van der Waals surface area contributed by atoms with Gasteiger partial charge in [0.2, 0.25) is 0 Å². The van der Waals surface area contributed by atoms with Crippen LogP contribution in [0, 0.1) is 5.82 Å². The molecule has 0 fully saturated rings. The molecule has 3 heterocycles. The molecule has 0 amide bonds. The molecule has 1 aromatic carbocycles. The summed E-state index contributed by atoms with van der Waals surface area (Å²) in [5.74, 6) is -1.04. The molecule has 4 rings (SSSR count). The minimum absolute atomic E-state index is 0.137. The Kier molecular flexibility index (Phi) is 5.81. The number of hydrogen-bond donors (Lipinski definition) is 1. The van der Waals surface area contributed by atoms with Gasteiger partial charge in [0.1, 0.15) is 17.1 Å². The molecule has 0 saturated carbocycles. The van der Waals surface area contributed by atoms with Crippen molar-refractivity contribution in [1.29, 1.82) is 0 Å². The van der Waals surface area contributed by atoms with Crippen molar-refractivity contribution in [1.82, 2.24) is 19.5 Å². The minimum atomic E-state index is -4.83. The van der Waals surface area contributed by atoms with Gasteiger partial charge in [-0.25, -0.2) is 14.4 Å². The monoisotopic (exact) mass is 460 g/mol. The van der Waals surface area contributed by atoms with E-state index in [1.165, 1.54) is 41.4 Å². The number of alkyl halides is 3. The standard InChI is InChI=1S/C22H16F4N4O3/c1-12(10-31)30-11-28-20-17(21(30)32)7-18(29-19(20)14-6-15(23)9-27-8-14)13-2-4-16(5-3-13)33-22(24,25)26/h2-9,11-12,31H,10H2,1H3/t12-/m0/s1. The van der Waals surface area contributed by atoms with Gasteiger partial charge in [0.25, 0.3) is 5.56 Å². The Balaban J connectivity index is 1.93. The van der Waals surface area contributed by atoms with Crippen LogP contribution in [0.4, 0.5) is 17.6 Å². The number of hydrogen-bond acceptors (Lipinski definition) is 6. The summed E-state index contributed by atoms with van der Waals surface area (Å²) in [7, 11) is 0. The molecule has 0 spiro atoms. The van der Waals surface area contributed by atoms with E-state index in [1.54, 1.807) is 6.92 Å². The van der Waals surface area contributed by atoms with Crippen LogP contribution < -0.4 is 10.3 Å². The molecular weight excluding hydrogens is 444 g/mol. The van der Waals surface area contributed by atoms with Gasteiger partial charge < -0.3 is 9.84 Å². The smallest absolute Gasteiger partial charge is 0.406 e. The number of aliphatic hydroxyl groups excluding tert-OH is 1. The van der Waals surface area contributed by atoms with Crippen molar-refractivity contribution in [2.24, 2.45) is 0 Å². The zero-order valence-corrected chi connectivity index (χ0v) is 17.0. The van der Waals surface area contributed by atoms with Crippen LogP contribution in [-0.4, -0.2) is 37.6 Å². The molecule has 11 heteroatoms. The van der Waals surface area contributed by atoms with Gasteiger partial charge in [-0.1, -0.05) is 0 Å². The SMILES string of the molecule is C[C@@H](CO)n1cnc2c(-c3cncc(F)c3)nc(-c3ccc(OC(F)(F)F)cc3)cc2c1=O. The Morgan fingerprint density at radius 3 is 2.48 bits per heavy atom. The van der Waals surface area contributed by atoms with E-state index in [4.69, 9.17) is 0 Å². The second kappa shape index (κ2) is 8.58. The lowest BCUT2D eigenvalue weighted by atomic mass is 10.1. The number of ether oxygens (including phenoxy) is 1. The predicted octanol–water partition coefficient (Wildman–Crippen LogP) is 4.11. The molecule has 0 aliphatic rings. The van der Waals surface area contributed by atoms with Crippen LogP contribution in [0.15, 0.2) is 59.9 Å². The first-order valence-corrected chi connectivity index (χ1v) is 9.66. The minimum Gasteiger partial charge on any atom is -0.406 e. The number of pyridine rings is 2. The van der Waals surface area contributed by atoms with Gasteiger partial charge in [0, 0.05) is 17.3 Å². The number of aromatic nitrogens is 4. The molecule has 3 aromatic heterocycles. The van der Waals surface area contributed by atoms with E-state index in [-0.39, 0.29) is 34.5 Å². The Morgan fingerprint density at radius 2 is 1.85 bits per heavy atom. The fourth-order valence-corrected chi connectivity index (χ4v) is 3.26. The van der Waals surface area contributed by atoms with E-state index >= 15 is 0 Å². The zero-order valence-electron chi connectivity index (χ0n) is 17.0. The van der Waals surface area contributed by atoms with Crippen molar-refractivity contribution in [2.45, 2.75) is 19.3 Å². The van der Waals surface area contributed by atoms with E-state index in [9.17, 15) is 27.5 Å². The number of halogens is 4.